The number of carbonyl (C=O) groups is 3. The molecule has 2 saturated heterocycles. The molecule has 4 N–H and O–H groups in total. The molecular formula is C30H50ClNO9. The molecule has 2 aliphatic heterocycles. The third-order valence-corrected chi connectivity index (χ3v) is 10.3. The largest absolute Gasteiger partial charge is 0.458 e. The molecule has 4 rings (SSSR count). The van der Waals surface area contributed by atoms with Crippen molar-refractivity contribution in [3.8, 4) is 0 Å². The maximum absolute atomic E-state index is 14.0. The molecule has 0 amide bonds. The first-order chi connectivity index (χ1) is 18.1. The van der Waals surface area contributed by atoms with Gasteiger partial charge >= 0.3 is 11.9 Å². The van der Waals surface area contributed by atoms with Crippen molar-refractivity contribution in [2.24, 2.45) is 16.7 Å². The highest BCUT2D eigenvalue weighted by molar-refractivity contribution is 5.92. The average Bonchev–Trinajstić information content (AvgIpc) is 2.86. The highest BCUT2D eigenvalue weighted by atomic mass is 35.5. The summed E-state index contributed by atoms with van der Waals surface area (Å²) in [6, 6.07) is 0. The van der Waals surface area contributed by atoms with E-state index >= 15 is 0 Å². The van der Waals surface area contributed by atoms with E-state index in [1.807, 2.05) is 13.8 Å². The fourth-order valence-electron chi connectivity index (χ4n) is 8.39. The zero-order valence-corrected chi connectivity index (χ0v) is 26.2. The van der Waals surface area contributed by atoms with Crippen LogP contribution >= 0.6 is 12.4 Å². The molecule has 0 bridgehead atoms. The summed E-state index contributed by atoms with van der Waals surface area (Å²) in [4.78, 5) is 42.2. The number of hydrogen-bond acceptors (Lipinski definition) is 9. The molecule has 4 aliphatic rings. The number of piperidine rings is 1. The molecule has 0 unspecified atom stereocenters. The van der Waals surface area contributed by atoms with Gasteiger partial charge in [0.2, 0.25) is 0 Å². The number of Topliss-reactive ketones (excluding diaryl/α,β-unsaturated/α-hetero) is 1. The average molecular weight is 604 g/mol. The molecule has 0 spiro atoms. The number of nitrogens with zero attached hydrogens (tertiary/aromatic N) is 1. The number of ketones is 1. The third-order valence-electron chi connectivity index (χ3n) is 10.3. The van der Waals surface area contributed by atoms with Crippen LogP contribution in [0.2, 0.25) is 0 Å². The van der Waals surface area contributed by atoms with Crippen LogP contribution in [-0.4, -0.2) is 93.1 Å². The van der Waals surface area contributed by atoms with Gasteiger partial charge in [-0.3, -0.25) is 14.4 Å². The molecule has 2 saturated carbocycles. The highest BCUT2D eigenvalue weighted by Gasteiger charge is 2.82. The smallest absolute Gasteiger partial charge is 0.307 e. The zero-order valence-electron chi connectivity index (χ0n) is 25.4. The standard InChI is InChI=1S/C30H47NO8.ClH.H2O/c1-8-27(5)18-21(34)30(36)28(6)20(33)12-14-26(3,4)24(28)23(25(37-19(2)32)29(30,7)39-27)38-22(35)13-17-31-15-10-9-11-16-31;;/h8,20,23-25,33,36H,1,9-18H2,2-7H3;1H;1H2/t20-,23-,24-,25-,27-,28-,29+,30-;;/m0../s1. The molecule has 11 heteroatoms. The highest BCUT2D eigenvalue weighted by Crippen LogP contribution is 2.67. The first kappa shape index (κ1) is 35.6. The summed E-state index contributed by atoms with van der Waals surface area (Å²) in [5, 5.41) is 24.2. The molecule has 0 radical (unpaired) electrons. The van der Waals surface area contributed by atoms with Gasteiger partial charge in [0.25, 0.3) is 0 Å². The maximum Gasteiger partial charge on any atom is 0.307 e. The number of esters is 2. The summed E-state index contributed by atoms with van der Waals surface area (Å²) in [5.74, 6) is -2.34. The lowest BCUT2D eigenvalue weighted by atomic mass is 9.39. The predicted octanol–water partition coefficient (Wildman–Crippen LogP) is 2.54. The summed E-state index contributed by atoms with van der Waals surface area (Å²) in [5.41, 5.74) is -7.29. The molecular weight excluding hydrogens is 554 g/mol. The SMILES string of the molecule is C=C[C@@]1(C)CC(=O)[C@]2(O)[C@@]3(C)[C@@H](O)CCC(C)(C)[C@@H]3[C@H](OC(=O)CCN3CCCCC3)[C@H](OC(C)=O)[C@@]2(C)O1.Cl.O. The minimum absolute atomic E-state index is 0. The van der Waals surface area contributed by atoms with Crippen molar-refractivity contribution in [3.63, 3.8) is 0 Å². The van der Waals surface area contributed by atoms with E-state index in [0.717, 1.165) is 25.9 Å². The number of halogens is 1. The van der Waals surface area contributed by atoms with Crippen molar-refractivity contribution in [3.05, 3.63) is 12.7 Å². The van der Waals surface area contributed by atoms with E-state index < -0.39 is 69.6 Å². The van der Waals surface area contributed by atoms with E-state index in [9.17, 15) is 24.6 Å². The number of likely N-dealkylation sites (tertiary alicyclic amines) is 1. The molecule has 8 atom stereocenters. The van der Waals surface area contributed by atoms with Gasteiger partial charge in [0.15, 0.2) is 17.5 Å². The number of hydrogen-bond donors (Lipinski definition) is 2. The fourth-order valence-corrected chi connectivity index (χ4v) is 8.39. The van der Waals surface area contributed by atoms with Crippen LogP contribution in [-0.2, 0) is 28.6 Å². The lowest BCUT2D eigenvalue weighted by molar-refractivity contribution is -0.371. The van der Waals surface area contributed by atoms with E-state index in [-0.39, 0.29) is 30.7 Å². The van der Waals surface area contributed by atoms with Crippen molar-refractivity contribution in [2.75, 3.05) is 19.6 Å². The van der Waals surface area contributed by atoms with Crippen LogP contribution in [0.15, 0.2) is 12.7 Å². The Labute approximate surface area is 249 Å². The summed E-state index contributed by atoms with van der Waals surface area (Å²) in [6.45, 7) is 16.4. The minimum atomic E-state index is -2.24. The van der Waals surface area contributed by atoms with Gasteiger partial charge < -0.3 is 34.8 Å². The van der Waals surface area contributed by atoms with Crippen LogP contribution in [0.3, 0.4) is 0 Å². The molecule has 0 aromatic carbocycles. The molecule has 10 nitrogen and oxygen atoms in total. The molecule has 0 aromatic heterocycles. The Hall–Kier alpha value is -1.56. The van der Waals surface area contributed by atoms with Gasteiger partial charge in [-0.15, -0.1) is 19.0 Å². The first-order valence-corrected chi connectivity index (χ1v) is 14.4. The van der Waals surface area contributed by atoms with Gasteiger partial charge in [-0.1, -0.05) is 33.3 Å². The van der Waals surface area contributed by atoms with Gasteiger partial charge in [0, 0.05) is 31.2 Å². The Morgan fingerprint density at radius 3 is 2.29 bits per heavy atom. The lowest BCUT2D eigenvalue weighted by Gasteiger charge is -2.71. The number of ether oxygens (including phenoxy) is 3. The lowest BCUT2D eigenvalue weighted by Crippen LogP contribution is -2.87. The Kier molecular flexibility index (Phi) is 10.6. The van der Waals surface area contributed by atoms with Crippen LogP contribution < -0.4 is 0 Å². The van der Waals surface area contributed by atoms with E-state index in [2.05, 4.69) is 11.5 Å². The second-order valence-corrected chi connectivity index (χ2v) is 13.5. The van der Waals surface area contributed by atoms with E-state index in [1.165, 1.54) is 26.3 Å². The second-order valence-electron chi connectivity index (χ2n) is 13.5. The summed E-state index contributed by atoms with van der Waals surface area (Å²) < 4.78 is 18.6. The van der Waals surface area contributed by atoms with Gasteiger partial charge in [-0.25, -0.2) is 0 Å². The van der Waals surface area contributed by atoms with Crippen molar-refractivity contribution in [1.29, 1.82) is 0 Å². The second kappa shape index (κ2) is 12.2. The van der Waals surface area contributed by atoms with Gasteiger partial charge in [0.1, 0.15) is 11.7 Å². The van der Waals surface area contributed by atoms with E-state index in [4.69, 9.17) is 14.2 Å². The normalized spacial score (nSPS) is 41.9. The first-order valence-electron chi connectivity index (χ1n) is 14.4. The van der Waals surface area contributed by atoms with Crippen molar-refractivity contribution in [1.82, 2.24) is 4.90 Å². The number of rotatable bonds is 6. The quantitative estimate of drug-likeness (QED) is 0.344. The minimum Gasteiger partial charge on any atom is -0.458 e. The van der Waals surface area contributed by atoms with Gasteiger partial charge in [-0.05, 0) is 58.0 Å². The molecule has 0 aromatic rings. The summed E-state index contributed by atoms with van der Waals surface area (Å²) >= 11 is 0. The van der Waals surface area contributed by atoms with Crippen molar-refractivity contribution >= 4 is 30.1 Å². The van der Waals surface area contributed by atoms with Crippen LogP contribution in [0.4, 0.5) is 0 Å². The monoisotopic (exact) mass is 603 g/mol. The number of carbonyl (C=O) groups excluding carboxylic acids is 3. The third kappa shape index (κ3) is 5.60. The fraction of sp³-hybridized carbons (Fsp3) is 0.833. The number of aliphatic hydroxyl groups excluding tert-OH is 1. The van der Waals surface area contributed by atoms with E-state index in [0.29, 0.717) is 19.4 Å². The molecule has 41 heavy (non-hydrogen) atoms. The van der Waals surface area contributed by atoms with E-state index in [1.54, 1.807) is 13.8 Å². The Bertz CT molecular complexity index is 1020. The van der Waals surface area contributed by atoms with Crippen molar-refractivity contribution < 1.29 is 44.3 Å². The summed E-state index contributed by atoms with van der Waals surface area (Å²) in [6.07, 6.45) is 2.33. The van der Waals surface area contributed by atoms with Gasteiger partial charge in [0.05, 0.1) is 18.1 Å². The van der Waals surface area contributed by atoms with Crippen LogP contribution in [0, 0.1) is 16.7 Å². The Morgan fingerprint density at radius 2 is 1.73 bits per heavy atom. The summed E-state index contributed by atoms with van der Waals surface area (Å²) in [7, 11) is 0. The molecule has 2 aliphatic carbocycles. The maximum atomic E-state index is 14.0. The Balaban J connectivity index is 0.00000294. The molecule has 236 valence electrons. The zero-order chi connectivity index (χ0) is 29.0. The van der Waals surface area contributed by atoms with Crippen LogP contribution in [0.5, 0.6) is 0 Å². The van der Waals surface area contributed by atoms with Gasteiger partial charge in [-0.2, -0.15) is 0 Å². The Morgan fingerprint density at radius 1 is 1.12 bits per heavy atom. The predicted molar refractivity (Wildman–Crippen MR) is 154 cm³/mol. The number of aliphatic hydroxyl groups is 2. The topological polar surface area (TPSA) is 154 Å². The number of fused-ring (bicyclic) bond motifs is 3. The van der Waals surface area contributed by atoms with Crippen molar-refractivity contribution in [2.45, 2.75) is 122 Å². The van der Waals surface area contributed by atoms with Crippen LogP contribution in [0.25, 0.3) is 0 Å². The molecule has 2 heterocycles. The van der Waals surface area contributed by atoms with Crippen LogP contribution in [0.1, 0.15) is 86.5 Å². The molecule has 4 fully saturated rings.